The highest BCUT2D eigenvalue weighted by Gasteiger charge is 2.19. The number of carbonyl (C=O) groups excluding carboxylic acids is 1. The van der Waals surface area contributed by atoms with Crippen LogP contribution in [0.4, 0.5) is 5.82 Å². The summed E-state index contributed by atoms with van der Waals surface area (Å²) in [4.78, 5) is 15.5. The molecule has 1 aliphatic heterocycles. The van der Waals surface area contributed by atoms with Crippen molar-refractivity contribution in [2.75, 3.05) is 44.2 Å². The minimum absolute atomic E-state index is 0.198. The van der Waals surface area contributed by atoms with Gasteiger partial charge in [-0.05, 0) is 24.6 Å². The van der Waals surface area contributed by atoms with Gasteiger partial charge in [-0.15, -0.1) is 10.2 Å². The van der Waals surface area contributed by atoms with E-state index in [0.29, 0.717) is 5.92 Å². The number of piperazine rings is 1. The number of hydrogen-bond acceptors (Lipinski definition) is 6. The first-order valence-corrected chi connectivity index (χ1v) is 6.91. The number of anilines is 1. The number of hydrogen-bond donors (Lipinski definition) is 2. The lowest BCUT2D eigenvalue weighted by Crippen LogP contribution is -2.48. The van der Waals surface area contributed by atoms with Crippen molar-refractivity contribution in [1.29, 1.82) is 0 Å². The largest absolute Gasteiger partial charge is 0.364 e. The van der Waals surface area contributed by atoms with Crippen LogP contribution in [0.3, 0.4) is 0 Å². The summed E-state index contributed by atoms with van der Waals surface area (Å²) in [6.45, 7) is 7.72. The van der Waals surface area contributed by atoms with Gasteiger partial charge in [-0.2, -0.15) is 0 Å². The molecule has 1 saturated heterocycles. The van der Waals surface area contributed by atoms with Crippen LogP contribution in [0.2, 0.25) is 0 Å². The average molecular weight is 278 g/mol. The van der Waals surface area contributed by atoms with Crippen molar-refractivity contribution in [3.05, 3.63) is 17.8 Å². The fourth-order valence-corrected chi connectivity index (χ4v) is 2.30. The fraction of sp³-hybridized carbons (Fsp3) is 0.615. The van der Waals surface area contributed by atoms with E-state index in [-0.39, 0.29) is 5.69 Å². The Balaban J connectivity index is 1.88. The van der Waals surface area contributed by atoms with Gasteiger partial charge in [0, 0.05) is 32.7 Å². The molecule has 0 spiro atoms. The molecule has 1 atom stereocenters. The zero-order valence-corrected chi connectivity index (χ0v) is 11.8. The summed E-state index contributed by atoms with van der Waals surface area (Å²) < 4.78 is 0. The van der Waals surface area contributed by atoms with E-state index >= 15 is 0 Å². The van der Waals surface area contributed by atoms with Crippen molar-refractivity contribution in [1.82, 2.24) is 15.1 Å². The quantitative estimate of drug-likeness (QED) is 0.738. The maximum atomic E-state index is 11.0. The molecule has 7 heteroatoms. The molecule has 0 saturated carbocycles. The minimum atomic E-state index is -0.551. The smallest absolute Gasteiger partial charge is 0.269 e. The molecule has 1 aromatic heterocycles. The molecule has 7 nitrogen and oxygen atoms in total. The second-order valence-electron chi connectivity index (χ2n) is 5.27. The molecule has 0 radical (unpaired) electrons. The highest BCUT2D eigenvalue weighted by atomic mass is 16.1. The number of aromatic nitrogens is 2. The number of primary amides is 1. The number of rotatable bonds is 5. The van der Waals surface area contributed by atoms with Gasteiger partial charge in [0.1, 0.15) is 0 Å². The van der Waals surface area contributed by atoms with Crippen LogP contribution in [0, 0.1) is 5.92 Å². The molecule has 1 aliphatic rings. The van der Waals surface area contributed by atoms with E-state index < -0.39 is 5.91 Å². The average Bonchev–Trinajstić information content (AvgIpc) is 2.48. The van der Waals surface area contributed by atoms with Gasteiger partial charge >= 0.3 is 0 Å². The van der Waals surface area contributed by atoms with Gasteiger partial charge in [-0.3, -0.25) is 9.69 Å². The van der Waals surface area contributed by atoms with Gasteiger partial charge in [0.15, 0.2) is 11.5 Å². The van der Waals surface area contributed by atoms with Gasteiger partial charge in [-0.1, -0.05) is 6.92 Å². The SMILES string of the molecule is CC(CN)CN1CCN(c2ccc(C(N)=O)nn2)CC1. The molecular formula is C13H22N6O. The Kier molecular flexibility index (Phi) is 4.86. The van der Waals surface area contributed by atoms with E-state index in [1.165, 1.54) is 0 Å². The molecule has 1 aromatic rings. The van der Waals surface area contributed by atoms with E-state index in [2.05, 4.69) is 26.9 Å². The molecule has 2 heterocycles. The highest BCUT2D eigenvalue weighted by Crippen LogP contribution is 2.13. The first-order valence-electron chi connectivity index (χ1n) is 6.91. The van der Waals surface area contributed by atoms with Crippen molar-refractivity contribution < 1.29 is 4.79 Å². The third-order valence-corrected chi connectivity index (χ3v) is 3.57. The van der Waals surface area contributed by atoms with Crippen LogP contribution in [0.15, 0.2) is 12.1 Å². The zero-order valence-electron chi connectivity index (χ0n) is 11.8. The van der Waals surface area contributed by atoms with Crippen LogP contribution in [-0.2, 0) is 0 Å². The molecule has 0 aliphatic carbocycles. The van der Waals surface area contributed by atoms with Crippen LogP contribution in [0.25, 0.3) is 0 Å². The van der Waals surface area contributed by atoms with Gasteiger partial charge in [0.05, 0.1) is 0 Å². The van der Waals surface area contributed by atoms with Gasteiger partial charge in [0.2, 0.25) is 0 Å². The molecule has 0 bridgehead atoms. The maximum absolute atomic E-state index is 11.0. The normalized spacial score (nSPS) is 18.0. The van der Waals surface area contributed by atoms with E-state index in [0.717, 1.165) is 45.1 Å². The summed E-state index contributed by atoms with van der Waals surface area (Å²) >= 11 is 0. The molecule has 1 amide bonds. The lowest BCUT2D eigenvalue weighted by atomic mass is 10.1. The predicted molar refractivity (Wildman–Crippen MR) is 77.4 cm³/mol. The lowest BCUT2D eigenvalue weighted by molar-refractivity contribution is 0.0994. The summed E-state index contributed by atoms with van der Waals surface area (Å²) in [6.07, 6.45) is 0. The number of amides is 1. The Morgan fingerprint density at radius 1 is 1.30 bits per heavy atom. The van der Waals surface area contributed by atoms with Gasteiger partial charge < -0.3 is 16.4 Å². The summed E-state index contributed by atoms with van der Waals surface area (Å²) in [5, 5.41) is 7.90. The fourth-order valence-electron chi connectivity index (χ4n) is 2.30. The van der Waals surface area contributed by atoms with Crippen LogP contribution in [-0.4, -0.2) is 60.3 Å². The van der Waals surface area contributed by atoms with E-state index in [4.69, 9.17) is 11.5 Å². The van der Waals surface area contributed by atoms with Crippen LogP contribution >= 0.6 is 0 Å². The van der Waals surface area contributed by atoms with E-state index in [1.54, 1.807) is 12.1 Å². The van der Waals surface area contributed by atoms with Crippen molar-refractivity contribution in [3.8, 4) is 0 Å². The van der Waals surface area contributed by atoms with Crippen molar-refractivity contribution in [2.24, 2.45) is 17.4 Å². The second kappa shape index (κ2) is 6.62. The third kappa shape index (κ3) is 3.64. The number of nitrogens with two attached hydrogens (primary N) is 2. The molecule has 1 fully saturated rings. The standard InChI is InChI=1S/C13H22N6O/c1-10(8-14)9-18-4-6-19(7-5-18)12-3-2-11(13(15)20)16-17-12/h2-3,10H,4-9,14H2,1H3,(H2,15,20). The van der Waals surface area contributed by atoms with Crippen LogP contribution < -0.4 is 16.4 Å². The zero-order chi connectivity index (χ0) is 14.5. The minimum Gasteiger partial charge on any atom is -0.364 e. The Morgan fingerprint density at radius 3 is 2.50 bits per heavy atom. The topological polar surface area (TPSA) is 101 Å². The molecule has 0 aromatic carbocycles. The third-order valence-electron chi connectivity index (χ3n) is 3.57. The maximum Gasteiger partial charge on any atom is 0.269 e. The Morgan fingerprint density at radius 2 is 2.00 bits per heavy atom. The van der Waals surface area contributed by atoms with Crippen LogP contribution in [0.1, 0.15) is 17.4 Å². The molecule has 20 heavy (non-hydrogen) atoms. The first kappa shape index (κ1) is 14.7. The van der Waals surface area contributed by atoms with Gasteiger partial charge in [-0.25, -0.2) is 0 Å². The molecule has 110 valence electrons. The van der Waals surface area contributed by atoms with Gasteiger partial charge in [0.25, 0.3) is 5.91 Å². The summed E-state index contributed by atoms with van der Waals surface area (Å²) in [6, 6.07) is 3.42. The van der Waals surface area contributed by atoms with Crippen LogP contribution in [0.5, 0.6) is 0 Å². The van der Waals surface area contributed by atoms with Crippen molar-refractivity contribution in [2.45, 2.75) is 6.92 Å². The Hall–Kier alpha value is -1.73. The first-order chi connectivity index (χ1) is 9.60. The van der Waals surface area contributed by atoms with Crippen molar-refractivity contribution >= 4 is 11.7 Å². The monoisotopic (exact) mass is 278 g/mol. The second-order valence-corrected chi connectivity index (χ2v) is 5.27. The molecule has 1 unspecified atom stereocenters. The number of nitrogens with zero attached hydrogens (tertiary/aromatic N) is 4. The molecular weight excluding hydrogens is 256 g/mol. The summed E-state index contributed by atoms with van der Waals surface area (Å²) in [5.74, 6) is 0.766. The molecule has 4 N–H and O–H groups in total. The summed E-state index contributed by atoms with van der Waals surface area (Å²) in [5.41, 5.74) is 11.0. The van der Waals surface area contributed by atoms with E-state index in [1.807, 2.05) is 0 Å². The van der Waals surface area contributed by atoms with Crippen molar-refractivity contribution in [3.63, 3.8) is 0 Å². The summed E-state index contributed by atoms with van der Waals surface area (Å²) in [7, 11) is 0. The Labute approximate surface area is 118 Å². The Bertz CT molecular complexity index is 441. The van der Waals surface area contributed by atoms with E-state index in [9.17, 15) is 4.79 Å². The highest BCUT2D eigenvalue weighted by molar-refractivity contribution is 5.90. The number of carbonyl (C=O) groups is 1. The lowest BCUT2D eigenvalue weighted by Gasteiger charge is -2.36. The predicted octanol–water partition coefficient (Wildman–Crippen LogP) is -0.708. The molecule has 2 rings (SSSR count).